The van der Waals surface area contributed by atoms with E-state index >= 15 is 0 Å². The van der Waals surface area contributed by atoms with Crippen LogP contribution in [0.25, 0.3) is 0 Å². The Morgan fingerprint density at radius 1 is 1.47 bits per heavy atom. The minimum Gasteiger partial charge on any atom is -0.478 e. The fourth-order valence-corrected chi connectivity index (χ4v) is 1.40. The second kappa shape index (κ2) is 6.33. The van der Waals surface area contributed by atoms with Crippen LogP contribution >= 0.6 is 0 Å². The van der Waals surface area contributed by atoms with Gasteiger partial charge in [-0.1, -0.05) is 13.3 Å². The summed E-state index contributed by atoms with van der Waals surface area (Å²) < 4.78 is 0. The predicted molar refractivity (Wildman–Crippen MR) is 65.4 cm³/mol. The first-order valence-corrected chi connectivity index (χ1v) is 5.36. The zero-order valence-corrected chi connectivity index (χ0v) is 9.60. The van der Waals surface area contributed by atoms with Gasteiger partial charge < -0.3 is 10.4 Å². The number of carbonyl (C=O) groups is 1. The molecule has 0 radical (unpaired) electrons. The molecule has 0 aromatic heterocycles. The molecular formula is C13H14N2O2. The van der Waals surface area contributed by atoms with Crippen LogP contribution in [0.3, 0.4) is 0 Å². The van der Waals surface area contributed by atoms with E-state index in [0.717, 1.165) is 12.1 Å². The molecule has 0 spiro atoms. The van der Waals surface area contributed by atoms with Gasteiger partial charge in [0.1, 0.15) is 0 Å². The molecule has 0 aliphatic rings. The van der Waals surface area contributed by atoms with Crippen molar-refractivity contribution in [1.82, 2.24) is 0 Å². The van der Waals surface area contributed by atoms with Crippen LogP contribution in [0.1, 0.15) is 25.3 Å². The molecule has 0 bridgehead atoms. The number of carboxylic acids is 1. The second-order valence-corrected chi connectivity index (χ2v) is 3.57. The minimum atomic E-state index is -0.963. The molecule has 0 aliphatic heterocycles. The van der Waals surface area contributed by atoms with Gasteiger partial charge in [-0.25, -0.2) is 4.79 Å². The van der Waals surface area contributed by atoms with Gasteiger partial charge in [0, 0.05) is 17.5 Å². The highest BCUT2D eigenvalue weighted by Gasteiger charge is 2.00. The second-order valence-electron chi connectivity index (χ2n) is 3.57. The van der Waals surface area contributed by atoms with E-state index in [9.17, 15) is 4.79 Å². The van der Waals surface area contributed by atoms with Crippen molar-refractivity contribution in [3.8, 4) is 6.07 Å². The number of carboxylic acid groups (broad SMARTS) is 1. The maximum Gasteiger partial charge on any atom is 0.330 e. The first kappa shape index (κ1) is 12.8. The summed E-state index contributed by atoms with van der Waals surface area (Å²) in [4.78, 5) is 10.6. The molecule has 0 aliphatic carbocycles. The number of nitriles is 1. The smallest absolute Gasteiger partial charge is 0.330 e. The molecule has 4 heteroatoms. The molecule has 0 unspecified atom stereocenters. The van der Waals surface area contributed by atoms with E-state index in [2.05, 4.69) is 5.32 Å². The van der Waals surface area contributed by atoms with Crippen molar-refractivity contribution < 1.29 is 9.90 Å². The maximum absolute atomic E-state index is 10.6. The predicted octanol–water partition coefficient (Wildman–Crippen LogP) is 2.74. The zero-order chi connectivity index (χ0) is 12.7. The highest BCUT2D eigenvalue weighted by Crippen LogP contribution is 2.14. The van der Waals surface area contributed by atoms with Crippen molar-refractivity contribution in [2.45, 2.75) is 19.8 Å². The van der Waals surface area contributed by atoms with Crippen molar-refractivity contribution in [3.05, 3.63) is 41.6 Å². The average Bonchev–Trinajstić information content (AvgIpc) is 2.29. The van der Waals surface area contributed by atoms with E-state index in [0.29, 0.717) is 17.7 Å². The Labute approximate surface area is 100 Å². The molecule has 0 heterocycles. The summed E-state index contributed by atoms with van der Waals surface area (Å²) in [6.07, 6.45) is 2.70. The third-order valence-electron chi connectivity index (χ3n) is 2.14. The Hall–Kier alpha value is -2.28. The molecule has 0 saturated heterocycles. The Kier molecular flexibility index (Phi) is 4.77. The van der Waals surface area contributed by atoms with Gasteiger partial charge in [-0.15, -0.1) is 0 Å². The lowest BCUT2D eigenvalue weighted by Crippen LogP contribution is -2.03. The average molecular weight is 230 g/mol. The quantitative estimate of drug-likeness (QED) is 0.763. The number of rotatable bonds is 5. The van der Waals surface area contributed by atoms with Crippen LogP contribution in [0.15, 0.2) is 36.0 Å². The first-order valence-electron chi connectivity index (χ1n) is 5.36. The molecular weight excluding hydrogens is 216 g/mol. The SMILES string of the molecule is CCCC(=CC(=O)O)Nc1ccc(C#N)cc1. The largest absolute Gasteiger partial charge is 0.478 e. The van der Waals surface area contributed by atoms with E-state index in [4.69, 9.17) is 10.4 Å². The summed E-state index contributed by atoms with van der Waals surface area (Å²) in [5.74, 6) is -0.963. The number of nitrogens with one attached hydrogen (secondary N) is 1. The standard InChI is InChI=1S/C13H14N2O2/c1-2-3-12(8-13(16)17)15-11-6-4-10(9-14)5-7-11/h4-8,15H,2-3H2,1H3,(H,16,17). The van der Waals surface area contributed by atoms with Crippen molar-refractivity contribution in [2.75, 3.05) is 5.32 Å². The normalized spacial score (nSPS) is 10.7. The lowest BCUT2D eigenvalue weighted by Gasteiger charge is -2.09. The van der Waals surface area contributed by atoms with E-state index in [1.807, 2.05) is 13.0 Å². The van der Waals surface area contributed by atoms with Crippen LogP contribution in [-0.2, 0) is 4.79 Å². The third-order valence-corrected chi connectivity index (χ3v) is 2.14. The number of hydrogen-bond donors (Lipinski definition) is 2. The molecule has 0 atom stereocenters. The number of anilines is 1. The van der Waals surface area contributed by atoms with Crippen LogP contribution in [0.4, 0.5) is 5.69 Å². The lowest BCUT2D eigenvalue weighted by molar-refractivity contribution is -0.131. The molecule has 1 aromatic carbocycles. The fraction of sp³-hybridized carbons (Fsp3) is 0.231. The number of allylic oxidation sites excluding steroid dienone is 1. The molecule has 0 saturated carbocycles. The summed E-state index contributed by atoms with van der Waals surface area (Å²) in [5, 5.41) is 20.4. The zero-order valence-electron chi connectivity index (χ0n) is 9.60. The van der Waals surface area contributed by atoms with Crippen LogP contribution < -0.4 is 5.32 Å². The number of nitrogens with zero attached hydrogens (tertiary/aromatic N) is 1. The Morgan fingerprint density at radius 2 is 2.12 bits per heavy atom. The van der Waals surface area contributed by atoms with Crippen molar-refractivity contribution in [1.29, 1.82) is 5.26 Å². The minimum absolute atomic E-state index is 0.579. The number of hydrogen-bond acceptors (Lipinski definition) is 3. The molecule has 0 fully saturated rings. The van der Waals surface area contributed by atoms with Gasteiger partial charge in [0.05, 0.1) is 11.6 Å². The lowest BCUT2D eigenvalue weighted by atomic mass is 10.2. The maximum atomic E-state index is 10.6. The van der Waals surface area contributed by atoms with Crippen molar-refractivity contribution >= 4 is 11.7 Å². The van der Waals surface area contributed by atoms with Gasteiger partial charge in [-0.05, 0) is 30.7 Å². The van der Waals surface area contributed by atoms with Gasteiger partial charge in [-0.3, -0.25) is 0 Å². The molecule has 1 aromatic rings. The van der Waals surface area contributed by atoms with Gasteiger partial charge in [-0.2, -0.15) is 5.26 Å². The van der Waals surface area contributed by atoms with Crippen molar-refractivity contribution in [3.63, 3.8) is 0 Å². The number of benzene rings is 1. The summed E-state index contributed by atoms with van der Waals surface area (Å²) >= 11 is 0. The van der Waals surface area contributed by atoms with Crippen LogP contribution in [-0.4, -0.2) is 11.1 Å². The van der Waals surface area contributed by atoms with Gasteiger partial charge in [0.25, 0.3) is 0 Å². The monoisotopic (exact) mass is 230 g/mol. The van der Waals surface area contributed by atoms with Gasteiger partial charge in [0.15, 0.2) is 0 Å². The van der Waals surface area contributed by atoms with E-state index in [1.165, 1.54) is 6.08 Å². The Morgan fingerprint density at radius 3 is 2.59 bits per heavy atom. The summed E-state index contributed by atoms with van der Waals surface area (Å²) in [6.45, 7) is 1.98. The Balaban J connectivity index is 2.79. The van der Waals surface area contributed by atoms with E-state index < -0.39 is 5.97 Å². The van der Waals surface area contributed by atoms with Crippen LogP contribution in [0, 0.1) is 11.3 Å². The van der Waals surface area contributed by atoms with E-state index in [1.54, 1.807) is 24.3 Å². The van der Waals surface area contributed by atoms with Crippen molar-refractivity contribution in [2.24, 2.45) is 0 Å². The first-order chi connectivity index (χ1) is 8.15. The van der Waals surface area contributed by atoms with Gasteiger partial charge >= 0.3 is 5.97 Å². The topological polar surface area (TPSA) is 73.1 Å². The highest BCUT2D eigenvalue weighted by molar-refractivity contribution is 5.81. The summed E-state index contributed by atoms with van der Waals surface area (Å²) in [7, 11) is 0. The molecule has 1 rings (SSSR count). The third kappa shape index (κ3) is 4.39. The highest BCUT2D eigenvalue weighted by atomic mass is 16.4. The molecule has 88 valence electrons. The molecule has 0 amide bonds. The molecule has 2 N–H and O–H groups in total. The molecule has 17 heavy (non-hydrogen) atoms. The summed E-state index contributed by atoms with van der Waals surface area (Å²) in [6, 6.07) is 8.91. The molecule has 4 nitrogen and oxygen atoms in total. The van der Waals surface area contributed by atoms with Gasteiger partial charge in [0.2, 0.25) is 0 Å². The van der Waals surface area contributed by atoms with Crippen LogP contribution in [0.2, 0.25) is 0 Å². The fourth-order valence-electron chi connectivity index (χ4n) is 1.40. The Bertz CT molecular complexity index is 455. The van der Waals surface area contributed by atoms with Crippen LogP contribution in [0.5, 0.6) is 0 Å². The van der Waals surface area contributed by atoms with E-state index in [-0.39, 0.29) is 0 Å². The summed E-state index contributed by atoms with van der Waals surface area (Å²) in [5.41, 5.74) is 2.02. The number of aliphatic carboxylic acids is 1.